The van der Waals surface area contributed by atoms with E-state index in [0.717, 1.165) is 17.7 Å². The summed E-state index contributed by atoms with van der Waals surface area (Å²) in [4.78, 5) is 16.1. The molecule has 0 aliphatic carbocycles. The standard InChI is InChI=1S/C31H22F3N7O2/c1-17-26-27(18-12-13-23(42)24(43)15-18)40-22-10-3-2-9-21(22)37-28(36-20-8-6-7-19(16-20)31(32,33)34)30(40)38-29(26)41(39-17)25-11-4-5-14-35-25/h2-16,27,42-43H,1H3,(H,36,37)/t27-/m0/s1. The number of halogens is 3. The lowest BCUT2D eigenvalue weighted by molar-refractivity contribution is -0.137. The lowest BCUT2D eigenvalue weighted by atomic mass is 9.93. The van der Waals surface area contributed by atoms with Crippen molar-refractivity contribution in [3.63, 3.8) is 0 Å². The fourth-order valence-electron chi connectivity index (χ4n) is 5.37. The average Bonchev–Trinajstić information content (AvgIpc) is 3.33. The first-order valence-electron chi connectivity index (χ1n) is 13.2. The number of pyridine rings is 1. The van der Waals surface area contributed by atoms with E-state index in [4.69, 9.17) is 15.1 Å². The van der Waals surface area contributed by atoms with E-state index in [1.165, 1.54) is 24.3 Å². The number of para-hydroxylation sites is 2. The number of fused-ring (bicyclic) bond motifs is 4. The molecule has 0 fully saturated rings. The van der Waals surface area contributed by atoms with Crippen molar-refractivity contribution >= 4 is 34.6 Å². The molecule has 0 bridgehead atoms. The summed E-state index contributed by atoms with van der Waals surface area (Å²) in [7, 11) is 0. The molecule has 5 aromatic rings. The van der Waals surface area contributed by atoms with Crippen molar-refractivity contribution in [2.24, 2.45) is 9.98 Å². The summed E-state index contributed by atoms with van der Waals surface area (Å²) in [5.74, 6) is 0.901. The van der Waals surface area contributed by atoms with Gasteiger partial charge in [0.05, 0.1) is 28.7 Å². The van der Waals surface area contributed by atoms with Crippen LogP contribution in [0.3, 0.4) is 0 Å². The van der Waals surface area contributed by atoms with Crippen molar-refractivity contribution in [1.29, 1.82) is 0 Å². The number of rotatable bonds is 3. The number of phenols is 2. The molecule has 1 atom stereocenters. The number of aliphatic imine (C=N–C) groups is 2. The summed E-state index contributed by atoms with van der Waals surface area (Å²) >= 11 is 0. The molecule has 214 valence electrons. The number of hydrogen-bond acceptors (Lipinski definition) is 8. The SMILES string of the molecule is Cc1nn(-c2ccccn2)c2c1[C@H](c1ccc(O)c(O)c1)N1C(=N2)C(Nc2cccc(C(F)(F)F)c2)=Nc2ccccc21. The first-order chi connectivity index (χ1) is 20.7. The number of alkyl halides is 3. The minimum Gasteiger partial charge on any atom is -0.504 e. The molecular weight excluding hydrogens is 559 g/mol. The van der Waals surface area contributed by atoms with E-state index in [1.807, 2.05) is 36.1 Å². The Bertz CT molecular complexity index is 1950. The fourth-order valence-corrected chi connectivity index (χ4v) is 5.37. The smallest absolute Gasteiger partial charge is 0.416 e. The molecule has 0 unspecified atom stereocenters. The van der Waals surface area contributed by atoms with Gasteiger partial charge in [0.15, 0.2) is 34.8 Å². The number of aryl methyl sites for hydroxylation is 1. The molecule has 4 heterocycles. The predicted octanol–water partition coefficient (Wildman–Crippen LogP) is 6.80. The highest BCUT2D eigenvalue weighted by Gasteiger charge is 2.42. The molecule has 0 spiro atoms. The van der Waals surface area contributed by atoms with Crippen molar-refractivity contribution in [1.82, 2.24) is 14.8 Å². The topological polar surface area (TPSA) is 111 Å². The number of nitrogens with zero attached hydrogens (tertiary/aromatic N) is 6. The maximum absolute atomic E-state index is 13.5. The second-order valence-electron chi connectivity index (χ2n) is 10.0. The van der Waals surface area contributed by atoms with Crippen LogP contribution in [0.5, 0.6) is 11.5 Å². The lowest BCUT2D eigenvalue weighted by Crippen LogP contribution is -2.46. The number of aromatic nitrogens is 3. The molecule has 2 aromatic heterocycles. The molecule has 3 N–H and O–H groups in total. The van der Waals surface area contributed by atoms with Crippen molar-refractivity contribution in [3.8, 4) is 17.3 Å². The van der Waals surface area contributed by atoms with Gasteiger partial charge in [0.1, 0.15) is 0 Å². The van der Waals surface area contributed by atoms with Crippen LogP contribution < -0.4 is 10.2 Å². The van der Waals surface area contributed by atoms with Gasteiger partial charge in [-0.3, -0.25) is 0 Å². The summed E-state index contributed by atoms with van der Waals surface area (Å²) in [6.07, 6.45) is -2.89. The van der Waals surface area contributed by atoms with E-state index in [-0.39, 0.29) is 23.0 Å². The van der Waals surface area contributed by atoms with Gasteiger partial charge in [0.2, 0.25) is 0 Å². The Hall–Kier alpha value is -5.65. The average molecular weight is 582 g/mol. The van der Waals surface area contributed by atoms with Crippen LogP contribution in [-0.2, 0) is 6.18 Å². The molecule has 2 aliphatic rings. The lowest BCUT2D eigenvalue weighted by Gasteiger charge is -2.40. The van der Waals surface area contributed by atoms with Crippen molar-refractivity contribution < 1.29 is 23.4 Å². The highest BCUT2D eigenvalue weighted by molar-refractivity contribution is 6.51. The third-order valence-electron chi connectivity index (χ3n) is 7.27. The van der Waals surface area contributed by atoms with Crippen LogP contribution in [0, 0.1) is 6.92 Å². The predicted molar refractivity (Wildman–Crippen MR) is 156 cm³/mol. The van der Waals surface area contributed by atoms with E-state index >= 15 is 0 Å². The van der Waals surface area contributed by atoms with Crippen molar-refractivity contribution in [3.05, 3.63) is 114 Å². The minimum atomic E-state index is -4.53. The summed E-state index contributed by atoms with van der Waals surface area (Å²) in [6.45, 7) is 1.85. The van der Waals surface area contributed by atoms with Gasteiger partial charge < -0.3 is 20.4 Å². The van der Waals surface area contributed by atoms with Gasteiger partial charge in [-0.2, -0.15) is 23.0 Å². The van der Waals surface area contributed by atoms with Gasteiger partial charge in [-0.05, 0) is 67.1 Å². The molecular formula is C31H22F3N7O2. The number of benzene rings is 3. The quantitative estimate of drug-likeness (QED) is 0.202. The van der Waals surface area contributed by atoms with Gasteiger partial charge >= 0.3 is 6.18 Å². The minimum absolute atomic E-state index is 0.176. The summed E-state index contributed by atoms with van der Waals surface area (Å²) in [5.41, 5.74) is 2.59. The Labute approximate surface area is 242 Å². The van der Waals surface area contributed by atoms with Gasteiger partial charge in [-0.1, -0.05) is 30.3 Å². The van der Waals surface area contributed by atoms with Crippen LogP contribution in [0.2, 0.25) is 0 Å². The molecule has 7 rings (SSSR count). The Morgan fingerprint density at radius 2 is 1.67 bits per heavy atom. The van der Waals surface area contributed by atoms with Crippen LogP contribution in [0.4, 0.5) is 36.1 Å². The second-order valence-corrected chi connectivity index (χ2v) is 10.0. The van der Waals surface area contributed by atoms with E-state index in [9.17, 15) is 23.4 Å². The van der Waals surface area contributed by atoms with Crippen LogP contribution in [0.1, 0.15) is 28.4 Å². The molecule has 2 aliphatic heterocycles. The molecule has 0 saturated heterocycles. The summed E-state index contributed by atoms with van der Waals surface area (Å²) in [6, 6.07) is 21.5. The maximum Gasteiger partial charge on any atom is 0.416 e. The van der Waals surface area contributed by atoms with Crippen LogP contribution >= 0.6 is 0 Å². The Kier molecular flexibility index (Phi) is 5.94. The van der Waals surface area contributed by atoms with Gasteiger partial charge in [-0.15, -0.1) is 0 Å². The van der Waals surface area contributed by atoms with E-state index < -0.39 is 17.8 Å². The number of aromatic hydroxyl groups is 2. The third-order valence-corrected chi connectivity index (χ3v) is 7.27. The molecule has 9 nitrogen and oxygen atoms in total. The van der Waals surface area contributed by atoms with Crippen molar-refractivity contribution in [2.75, 3.05) is 10.2 Å². The highest BCUT2D eigenvalue weighted by atomic mass is 19.4. The number of nitrogens with one attached hydrogen (secondary N) is 1. The largest absolute Gasteiger partial charge is 0.504 e. The first-order valence-corrected chi connectivity index (χ1v) is 13.2. The van der Waals surface area contributed by atoms with Gasteiger partial charge in [-0.25, -0.2) is 15.0 Å². The number of anilines is 2. The maximum atomic E-state index is 13.5. The fraction of sp³-hybridized carbons (Fsp3) is 0.0968. The molecule has 0 saturated carbocycles. The van der Waals surface area contributed by atoms with Crippen LogP contribution in [-0.4, -0.2) is 36.6 Å². The monoisotopic (exact) mass is 581 g/mol. The number of amidine groups is 2. The zero-order chi connectivity index (χ0) is 29.9. The first kappa shape index (κ1) is 26.3. The second kappa shape index (κ2) is 9.72. The van der Waals surface area contributed by atoms with E-state index in [0.29, 0.717) is 40.1 Å². The summed E-state index contributed by atoms with van der Waals surface area (Å²) < 4.78 is 42.2. The molecule has 0 radical (unpaired) electrons. The summed E-state index contributed by atoms with van der Waals surface area (Å²) in [5, 5.41) is 28.4. The highest BCUT2D eigenvalue weighted by Crippen LogP contribution is 2.49. The molecule has 3 aromatic carbocycles. The normalized spacial score (nSPS) is 15.6. The van der Waals surface area contributed by atoms with E-state index in [2.05, 4.69) is 10.3 Å². The Balaban J connectivity index is 1.48. The van der Waals surface area contributed by atoms with Gasteiger partial charge in [0.25, 0.3) is 0 Å². The Morgan fingerprint density at radius 3 is 2.44 bits per heavy atom. The molecule has 0 amide bonds. The Morgan fingerprint density at radius 1 is 0.860 bits per heavy atom. The zero-order valence-corrected chi connectivity index (χ0v) is 22.4. The van der Waals surface area contributed by atoms with Crippen LogP contribution in [0.15, 0.2) is 101 Å². The van der Waals surface area contributed by atoms with Crippen molar-refractivity contribution in [2.45, 2.75) is 19.1 Å². The number of phenolic OH excluding ortho intramolecular Hbond substituents is 2. The van der Waals surface area contributed by atoms with Gasteiger partial charge in [0, 0.05) is 17.4 Å². The number of hydrogen-bond donors (Lipinski definition) is 3. The van der Waals surface area contributed by atoms with Crippen LogP contribution in [0.25, 0.3) is 5.82 Å². The van der Waals surface area contributed by atoms with E-state index in [1.54, 1.807) is 35.1 Å². The molecule has 43 heavy (non-hydrogen) atoms. The zero-order valence-electron chi connectivity index (χ0n) is 22.4. The molecule has 12 heteroatoms. The third kappa shape index (κ3) is 4.43.